The number of para-hydroxylation sites is 1. The van der Waals surface area contributed by atoms with Gasteiger partial charge in [0.15, 0.2) is 0 Å². The van der Waals surface area contributed by atoms with Crippen molar-refractivity contribution in [2.24, 2.45) is 5.73 Å². The third-order valence-electron chi connectivity index (χ3n) is 2.56. The fourth-order valence-corrected chi connectivity index (χ4v) is 1.72. The van der Waals surface area contributed by atoms with E-state index in [1.807, 2.05) is 0 Å². The first-order valence-electron chi connectivity index (χ1n) is 4.87. The van der Waals surface area contributed by atoms with Crippen LogP contribution < -0.4 is 5.73 Å². The largest absolute Gasteiger partial charge is 0.398 e. The van der Waals surface area contributed by atoms with Crippen LogP contribution >= 0.6 is 0 Å². The Morgan fingerprint density at radius 3 is 2.50 bits per heavy atom. The van der Waals surface area contributed by atoms with Gasteiger partial charge in [-0.05, 0) is 17.5 Å². The van der Waals surface area contributed by atoms with Crippen LogP contribution in [0.1, 0.15) is 11.6 Å². The number of H-pyrrole nitrogens is 1. The minimum absolute atomic E-state index is 0.121. The van der Waals surface area contributed by atoms with Crippen LogP contribution in [0.5, 0.6) is 0 Å². The standard InChI is InChI=1S/C11H11F3N2/c12-11(13,14)8(6-15)10-5-7-3-1-2-4-9(7)16-10/h1-5,8,16H,6,15H2. The molecule has 0 aliphatic rings. The van der Waals surface area contributed by atoms with Gasteiger partial charge in [-0.1, -0.05) is 18.2 Å². The highest BCUT2D eigenvalue weighted by Crippen LogP contribution is 2.34. The highest BCUT2D eigenvalue weighted by Gasteiger charge is 2.40. The number of fused-ring (bicyclic) bond motifs is 1. The smallest absolute Gasteiger partial charge is 0.358 e. The van der Waals surface area contributed by atoms with Crippen LogP contribution in [0.25, 0.3) is 10.9 Å². The summed E-state index contributed by atoms with van der Waals surface area (Å²) in [6.07, 6.45) is -4.31. The molecular weight excluding hydrogens is 217 g/mol. The fraction of sp³-hybridized carbons (Fsp3) is 0.273. The van der Waals surface area contributed by atoms with E-state index in [0.29, 0.717) is 5.52 Å². The van der Waals surface area contributed by atoms with Crippen molar-refractivity contribution in [1.29, 1.82) is 0 Å². The maximum absolute atomic E-state index is 12.6. The van der Waals surface area contributed by atoms with Crippen molar-refractivity contribution in [1.82, 2.24) is 4.98 Å². The SMILES string of the molecule is NCC(c1cc2ccccc2[nH]1)C(F)(F)F. The van der Waals surface area contributed by atoms with Crippen LogP contribution in [0.4, 0.5) is 13.2 Å². The van der Waals surface area contributed by atoms with Gasteiger partial charge >= 0.3 is 6.18 Å². The third-order valence-corrected chi connectivity index (χ3v) is 2.56. The van der Waals surface area contributed by atoms with E-state index in [0.717, 1.165) is 5.39 Å². The first-order chi connectivity index (χ1) is 7.52. The van der Waals surface area contributed by atoms with Crippen molar-refractivity contribution in [2.75, 3.05) is 6.54 Å². The molecule has 16 heavy (non-hydrogen) atoms. The lowest BCUT2D eigenvalue weighted by molar-refractivity contribution is -0.148. The number of halogens is 3. The van der Waals surface area contributed by atoms with Crippen LogP contribution in [-0.4, -0.2) is 17.7 Å². The van der Waals surface area contributed by atoms with Crippen LogP contribution in [0.3, 0.4) is 0 Å². The second-order valence-corrected chi connectivity index (χ2v) is 3.64. The van der Waals surface area contributed by atoms with Gasteiger partial charge in [0.25, 0.3) is 0 Å². The van der Waals surface area contributed by atoms with Gasteiger partial charge in [0.1, 0.15) is 5.92 Å². The molecule has 1 unspecified atom stereocenters. The summed E-state index contributed by atoms with van der Waals surface area (Å²) >= 11 is 0. The topological polar surface area (TPSA) is 41.8 Å². The molecule has 2 aromatic rings. The van der Waals surface area contributed by atoms with E-state index in [-0.39, 0.29) is 5.69 Å². The van der Waals surface area contributed by atoms with E-state index in [2.05, 4.69) is 4.98 Å². The molecule has 2 rings (SSSR count). The Bertz CT molecular complexity index is 454. The number of aromatic amines is 1. The quantitative estimate of drug-likeness (QED) is 0.815. The highest BCUT2D eigenvalue weighted by atomic mass is 19.4. The van der Waals surface area contributed by atoms with Gasteiger partial charge in [-0.2, -0.15) is 13.2 Å². The molecule has 0 aliphatic carbocycles. The number of alkyl halides is 3. The van der Waals surface area contributed by atoms with E-state index in [1.54, 1.807) is 24.3 Å². The Morgan fingerprint density at radius 2 is 1.94 bits per heavy atom. The molecular formula is C11H11F3N2. The summed E-state index contributed by atoms with van der Waals surface area (Å²) < 4.78 is 37.9. The molecule has 1 aromatic heterocycles. The van der Waals surface area contributed by atoms with Crippen molar-refractivity contribution in [2.45, 2.75) is 12.1 Å². The van der Waals surface area contributed by atoms with E-state index in [9.17, 15) is 13.2 Å². The predicted molar refractivity (Wildman–Crippen MR) is 56.1 cm³/mol. The van der Waals surface area contributed by atoms with Gasteiger partial charge in [-0.25, -0.2) is 0 Å². The van der Waals surface area contributed by atoms with Crippen molar-refractivity contribution in [3.63, 3.8) is 0 Å². The summed E-state index contributed by atoms with van der Waals surface area (Å²) in [5.41, 5.74) is 5.99. The number of rotatable bonds is 2. The van der Waals surface area contributed by atoms with Crippen molar-refractivity contribution >= 4 is 10.9 Å². The number of aromatic nitrogens is 1. The van der Waals surface area contributed by atoms with Crippen molar-refractivity contribution in [3.05, 3.63) is 36.0 Å². The molecule has 3 N–H and O–H groups in total. The van der Waals surface area contributed by atoms with E-state index >= 15 is 0 Å². The second kappa shape index (κ2) is 3.83. The lowest BCUT2D eigenvalue weighted by Gasteiger charge is -2.16. The number of nitrogens with one attached hydrogen (secondary N) is 1. The van der Waals surface area contributed by atoms with Gasteiger partial charge in [-0.15, -0.1) is 0 Å². The summed E-state index contributed by atoms with van der Waals surface area (Å²) in [4.78, 5) is 2.75. The molecule has 0 fully saturated rings. The first-order valence-corrected chi connectivity index (χ1v) is 4.87. The molecule has 1 atom stereocenters. The molecule has 0 saturated heterocycles. The molecule has 0 aliphatic heterocycles. The van der Waals surface area contributed by atoms with Gasteiger partial charge in [0.05, 0.1) is 0 Å². The maximum atomic E-state index is 12.6. The molecule has 5 heteroatoms. The molecule has 1 heterocycles. The first kappa shape index (κ1) is 11.0. The number of nitrogens with two attached hydrogens (primary N) is 1. The average molecular weight is 228 g/mol. The normalized spacial score (nSPS) is 14.2. The Kier molecular flexibility index (Phi) is 2.63. The average Bonchev–Trinajstić information content (AvgIpc) is 2.59. The molecule has 0 spiro atoms. The van der Waals surface area contributed by atoms with Gasteiger partial charge < -0.3 is 10.7 Å². The number of benzene rings is 1. The lowest BCUT2D eigenvalue weighted by atomic mass is 10.1. The molecule has 2 nitrogen and oxygen atoms in total. The fourth-order valence-electron chi connectivity index (χ4n) is 1.72. The van der Waals surface area contributed by atoms with Crippen LogP contribution in [0.15, 0.2) is 30.3 Å². The maximum Gasteiger partial charge on any atom is 0.398 e. The summed E-state index contributed by atoms with van der Waals surface area (Å²) in [6.45, 7) is -0.448. The van der Waals surface area contributed by atoms with Crippen LogP contribution in [-0.2, 0) is 0 Å². The molecule has 1 aromatic carbocycles. The van der Waals surface area contributed by atoms with Gasteiger partial charge in [0, 0.05) is 17.8 Å². The summed E-state index contributed by atoms with van der Waals surface area (Å²) in [5, 5.41) is 0.764. The minimum atomic E-state index is -4.31. The lowest BCUT2D eigenvalue weighted by Crippen LogP contribution is -2.28. The Labute approximate surface area is 90.3 Å². The highest BCUT2D eigenvalue weighted by molar-refractivity contribution is 5.80. The Balaban J connectivity index is 2.46. The van der Waals surface area contributed by atoms with Crippen molar-refractivity contribution in [3.8, 4) is 0 Å². The van der Waals surface area contributed by atoms with E-state index < -0.39 is 18.6 Å². The zero-order valence-electron chi connectivity index (χ0n) is 8.38. The van der Waals surface area contributed by atoms with Crippen LogP contribution in [0.2, 0.25) is 0 Å². The van der Waals surface area contributed by atoms with E-state index in [4.69, 9.17) is 5.73 Å². The zero-order chi connectivity index (χ0) is 11.8. The van der Waals surface area contributed by atoms with Crippen molar-refractivity contribution < 1.29 is 13.2 Å². The zero-order valence-corrected chi connectivity index (χ0v) is 8.38. The molecule has 0 bridgehead atoms. The second-order valence-electron chi connectivity index (χ2n) is 3.64. The Morgan fingerprint density at radius 1 is 1.25 bits per heavy atom. The molecule has 86 valence electrons. The Hall–Kier alpha value is -1.49. The van der Waals surface area contributed by atoms with Crippen LogP contribution in [0, 0.1) is 0 Å². The summed E-state index contributed by atoms with van der Waals surface area (Å²) in [7, 11) is 0. The monoisotopic (exact) mass is 228 g/mol. The summed E-state index contributed by atoms with van der Waals surface area (Å²) in [6, 6.07) is 8.56. The number of hydrogen-bond donors (Lipinski definition) is 2. The molecule has 0 amide bonds. The van der Waals surface area contributed by atoms with Gasteiger partial charge in [-0.3, -0.25) is 0 Å². The van der Waals surface area contributed by atoms with Gasteiger partial charge in [0.2, 0.25) is 0 Å². The summed E-state index contributed by atoms with van der Waals surface area (Å²) in [5.74, 6) is -1.63. The predicted octanol–water partition coefficient (Wildman–Crippen LogP) is 2.77. The molecule has 0 radical (unpaired) electrons. The minimum Gasteiger partial charge on any atom is -0.358 e. The number of hydrogen-bond acceptors (Lipinski definition) is 1. The third kappa shape index (κ3) is 1.90. The molecule has 0 saturated carbocycles. The van der Waals surface area contributed by atoms with E-state index in [1.165, 1.54) is 6.07 Å².